The van der Waals surface area contributed by atoms with E-state index in [0.29, 0.717) is 12.8 Å². The normalized spacial score (nSPS) is 15.6. The highest BCUT2D eigenvalue weighted by Gasteiger charge is 2.33. The molecule has 1 amide bonds. The van der Waals surface area contributed by atoms with Crippen LogP contribution < -0.4 is 5.43 Å². The van der Waals surface area contributed by atoms with Gasteiger partial charge in [-0.1, -0.05) is 49.1 Å². The summed E-state index contributed by atoms with van der Waals surface area (Å²) >= 11 is 0. The van der Waals surface area contributed by atoms with E-state index in [4.69, 9.17) is 0 Å². The van der Waals surface area contributed by atoms with E-state index in [0.717, 1.165) is 42.5 Å². The Labute approximate surface area is 176 Å². The van der Waals surface area contributed by atoms with E-state index < -0.39 is 21.7 Å². The lowest BCUT2D eigenvalue weighted by molar-refractivity contribution is -0.121. The monoisotopic (exact) mass is 431 g/mol. The maximum absolute atomic E-state index is 13.3. The first-order chi connectivity index (χ1) is 14.4. The van der Waals surface area contributed by atoms with Crippen LogP contribution in [0.4, 0.5) is 4.39 Å². The fourth-order valence-electron chi connectivity index (χ4n) is 3.63. The molecule has 0 aliphatic heterocycles. The lowest BCUT2D eigenvalue weighted by Crippen LogP contribution is -2.46. The largest absolute Gasteiger partial charge is 0.272 e. The zero-order valence-electron chi connectivity index (χ0n) is 16.9. The van der Waals surface area contributed by atoms with Crippen LogP contribution in [0.25, 0.3) is 0 Å². The minimum Gasteiger partial charge on any atom is -0.272 e. The van der Waals surface area contributed by atoms with Crippen molar-refractivity contribution in [3.63, 3.8) is 0 Å². The highest BCUT2D eigenvalue weighted by molar-refractivity contribution is 7.89. The molecule has 2 aromatic rings. The van der Waals surface area contributed by atoms with Crippen molar-refractivity contribution in [3.8, 4) is 0 Å². The van der Waals surface area contributed by atoms with Crippen LogP contribution in [0.5, 0.6) is 0 Å². The molecule has 0 bridgehead atoms. The fourth-order valence-corrected chi connectivity index (χ4v) is 5.27. The maximum atomic E-state index is 13.3. The molecular formula is C22H26FN3O3S. The summed E-state index contributed by atoms with van der Waals surface area (Å²) in [4.78, 5) is 12.5. The van der Waals surface area contributed by atoms with Gasteiger partial charge in [0.2, 0.25) is 10.0 Å². The Morgan fingerprint density at radius 2 is 1.87 bits per heavy atom. The van der Waals surface area contributed by atoms with E-state index in [1.807, 2.05) is 31.2 Å². The van der Waals surface area contributed by atoms with Gasteiger partial charge in [-0.05, 0) is 49.6 Å². The average Bonchev–Trinajstić information content (AvgIpc) is 2.73. The van der Waals surface area contributed by atoms with Crippen molar-refractivity contribution >= 4 is 22.1 Å². The molecule has 3 rings (SSSR count). The number of carbonyl (C=O) groups excluding carboxylic acids is 1. The number of hydrogen-bond acceptors (Lipinski definition) is 4. The standard InChI is InChI=1S/C22H26FN3O3S/c1-17-6-5-7-18(14-17)15-24-25-22(27)16-26(20-8-3-2-4-9-20)30(28,29)21-12-10-19(23)11-13-21/h5-7,10-15,20H,2-4,8-9,16H2,1H3,(H,25,27). The van der Waals surface area contributed by atoms with E-state index >= 15 is 0 Å². The van der Waals surface area contributed by atoms with Gasteiger partial charge in [0.05, 0.1) is 17.7 Å². The van der Waals surface area contributed by atoms with E-state index in [9.17, 15) is 17.6 Å². The van der Waals surface area contributed by atoms with Crippen LogP contribution in [0.3, 0.4) is 0 Å². The number of amides is 1. The molecule has 1 aliphatic carbocycles. The van der Waals surface area contributed by atoms with Crippen LogP contribution >= 0.6 is 0 Å². The first kappa shape index (κ1) is 22.1. The van der Waals surface area contributed by atoms with E-state index in [1.165, 1.54) is 22.7 Å². The molecule has 0 atom stereocenters. The summed E-state index contributed by atoms with van der Waals surface area (Å²) in [5.74, 6) is -1.03. The summed E-state index contributed by atoms with van der Waals surface area (Å²) < 4.78 is 40.9. The van der Waals surface area contributed by atoms with Crippen LogP contribution in [0.15, 0.2) is 58.5 Å². The summed E-state index contributed by atoms with van der Waals surface area (Å²) in [6, 6.07) is 12.0. The van der Waals surface area contributed by atoms with E-state index in [2.05, 4.69) is 10.5 Å². The predicted octanol–water partition coefficient (Wildman–Crippen LogP) is 3.61. The lowest BCUT2D eigenvalue weighted by Gasteiger charge is -2.32. The van der Waals surface area contributed by atoms with Gasteiger partial charge in [0.15, 0.2) is 0 Å². The van der Waals surface area contributed by atoms with E-state index in [1.54, 1.807) is 0 Å². The van der Waals surface area contributed by atoms with Crippen LogP contribution in [-0.2, 0) is 14.8 Å². The van der Waals surface area contributed by atoms with Crippen molar-refractivity contribution in [1.82, 2.24) is 9.73 Å². The zero-order valence-corrected chi connectivity index (χ0v) is 17.7. The van der Waals surface area contributed by atoms with Crippen molar-refractivity contribution in [2.24, 2.45) is 5.10 Å². The van der Waals surface area contributed by atoms with Crippen molar-refractivity contribution in [2.45, 2.75) is 50.0 Å². The van der Waals surface area contributed by atoms with Crippen molar-refractivity contribution in [2.75, 3.05) is 6.54 Å². The molecule has 0 spiro atoms. The molecule has 1 aliphatic rings. The highest BCUT2D eigenvalue weighted by Crippen LogP contribution is 2.27. The number of hydrazone groups is 1. The summed E-state index contributed by atoms with van der Waals surface area (Å²) in [5.41, 5.74) is 4.32. The molecular weight excluding hydrogens is 405 g/mol. The van der Waals surface area contributed by atoms with Crippen LogP contribution in [0.1, 0.15) is 43.2 Å². The molecule has 1 fully saturated rings. The van der Waals surface area contributed by atoms with Gasteiger partial charge in [-0.15, -0.1) is 0 Å². The zero-order chi connectivity index (χ0) is 21.6. The number of nitrogens with one attached hydrogen (secondary N) is 1. The van der Waals surface area contributed by atoms with Gasteiger partial charge >= 0.3 is 0 Å². The Kier molecular flexibility index (Phi) is 7.33. The number of benzene rings is 2. The number of sulfonamides is 1. The third-order valence-corrected chi connectivity index (χ3v) is 7.06. The van der Waals surface area contributed by atoms with Crippen LogP contribution in [0.2, 0.25) is 0 Å². The smallest absolute Gasteiger partial charge is 0.255 e. The molecule has 6 nitrogen and oxygen atoms in total. The quantitative estimate of drug-likeness (QED) is 0.537. The first-order valence-corrected chi connectivity index (χ1v) is 11.5. The first-order valence-electron chi connectivity index (χ1n) is 10.0. The summed E-state index contributed by atoms with van der Waals surface area (Å²) in [5, 5.41) is 3.95. The fraction of sp³-hybridized carbons (Fsp3) is 0.364. The van der Waals surface area contributed by atoms with Crippen molar-refractivity contribution in [1.29, 1.82) is 0 Å². The predicted molar refractivity (Wildman–Crippen MR) is 114 cm³/mol. The summed E-state index contributed by atoms with van der Waals surface area (Å²) in [6.07, 6.45) is 5.78. The van der Waals surface area contributed by atoms with E-state index in [-0.39, 0.29) is 17.5 Å². The molecule has 0 unspecified atom stereocenters. The molecule has 0 aromatic heterocycles. The average molecular weight is 432 g/mol. The Hall–Kier alpha value is -2.58. The van der Waals surface area contributed by atoms with Gasteiger partial charge in [0.25, 0.3) is 5.91 Å². The van der Waals surface area contributed by atoms with Gasteiger partial charge in [-0.2, -0.15) is 9.41 Å². The molecule has 8 heteroatoms. The minimum atomic E-state index is -3.94. The molecule has 0 saturated heterocycles. The Morgan fingerprint density at radius 1 is 1.17 bits per heavy atom. The molecule has 30 heavy (non-hydrogen) atoms. The van der Waals surface area contributed by atoms with Gasteiger partial charge in [0, 0.05) is 6.04 Å². The van der Waals surface area contributed by atoms with Crippen LogP contribution in [-0.4, -0.2) is 37.4 Å². The number of hydrogen-bond donors (Lipinski definition) is 1. The molecule has 0 heterocycles. The second-order valence-electron chi connectivity index (χ2n) is 7.50. The molecule has 0 radical (unpaired) electrons. The second kappa shape index (κ2) is 9.95. The lowest BCUT2D eigenvalue weighted by atomic mass is 9.95. The number of nitrogens with zero attached hydrogens (tertiary/aromatic N) is 2. The van der Waals surface area contributed by atoms with Gasteiger partial charge in [-0.3, -0.25) is 4.79 Å². The number of halogens is 1. The molecule has 160 valence electrons. The van der Waals surface area contributed by atoms with Gasteiger partial charge in [-0.25, -0.2) is 18.2 Å². The number of carbonyl (C=O) groups is 1. The molecule has 1 saturated carbocycles. The van der Waals surface area contributed by atoms with Crippen LogP contribution in [0, 0.1) is 12.7 Å². The third-order valence-electron chi connectivity index (χ3n) is 5.15. The Balaban J connectivity index is 1.75. The molecule has 2 aromatic carbocycles. The van der Waals surface area contributed by atoms with Crippen molar-refractivity contribution in [3.05, 3.63) is 65.5 Å². The SMILES string of the molecule is Cc1cccc(C=NNC(=O)CN(C2CCCCC2)S(=O)(=O)c2ccc(F)cc2)c1. The summed E-state index contributed by atoms with van der Waals surface area (Å²) in [7, 11) is -3.94. The third kappa shape index (κ3) is 5.73. The Morgan fingerprint density at radius 3 is 2.53 bits per heavy atom. The number of rotatable bonds is 7. The van der Waals surface area contributed by atoms with Crippen molar-refractivity contribution < 1.29 is 17.6 Å². The maximum Gasteiger partial charge on any atom is 0.255 e. The minimum absolute atomic E-state index is 0.0227. The number of aryl methyl sites for hydroxylation is 1. The highest BCUT2D eigenvalue weighted by atomic mass is 32.2. The van der Waals surface area contributed by atoms with Gasteiger partial charge in [0.1, 0.15) is 5.82 Å². The molecule has 1 N–H and O–H groups in total. The second-order valence-corrected chi connectivity index (χ2v) is 9.39. The topological polar surface area (TPSA) is 78.8 Å². The summed E-state index contributed by atoms with van der Waals surface area (Å²) in [6.45, 7) is 1.62. The Bertz CT molecular complexity index is 1000. The van der Waals surface area contributed by atoms with Gasteiger partial charge < -0.3 is 0 Å².